The van der Waals surface area contributed by atoms with E-state index in [1.54, 1.807) is 0 Å². The molecule has 16 heavy (non-hydrogen) atoms. The first-order valence-electron chi connectivity index (χ1n) is 6.28. The van der Waals surface area contributed by atoms with Crippen LogP contribution >= 0.6 is 0 Å². The van der Waals surface area contributed by atoms with Gasteiger partial charge in [-0.15, -0.1) is 0 Å². The van der Waals surface area contributed by atoms with Crippen LogP contribution < -0.4 is 10.1 Å². The molecule has 1 fully saturated rings. The van der Waals surface area contributed by atoms with Crippen LogP contribution in [0.1, 0.15) is 33.1 Å². The molecule has 0 aromatic heterocycles. The van der Waals surface area contributed by atoms with Gasteiger partial charge in [-0.2, -0.15) is 0 Å². The number of anilines is 1. The Bertz CT molecular complexity index is 331. The van der Waals surface area contributed by atoms with Crippen molar-refractivity contribution in [1.29, 1.82) is 0 Å². The Morgan fingerprint density at radius 1 is 1.31 bits per heavy atom. The molecule has 2 rings (SSSR count). The summed E-state index contributed by atoms with van der Waals surface area (Å²) in [6.45, 7) is 5.22. The first kappa shape index (κ1) is 11.3. The van der Waals surface area contributed by atoms with Gasteiger partial charge < -0.3 is 10.1 Å². The Morgan fingerprint density at radius 2 is 2.06 bits per heavy atom. The molecule has 0 bridgehead atoms. The number of benzene rings is 1. The quantitative estimate of drug-likeness (QED) is 0.815. The van der Waals surface area contributed by atoms with E-state index < -0.39 is 0 Å². The molecule has 0 aliphatic heterocycles. The van der Waals surface area contributed by atoms with Crippen LogP contribution in [0, 0.1) is 5.92 Å². The molecule has 0 atom stereocenters. The fourth-order valence-corrected chi connectivity index (χ4v) is 2.16. The SMILES string of the molecule is CCCOc1ccccc1NC1CC(C)C1. The molecule has 0 radical (unpaired) electrons. The van der Waals surface area contributed by atoms with Crippen molar-refractivity contribution >= 4 is 5.69 Å². The third kappa shape index (κ3) is 2.69. The predicted molar refractivity (Wildman–Crippen MR) is 68.0 cm³/mol. The molecule has 1 aromatic carbocycles. The lowest BCUT2D eigenvalue weighted by atomic mass is 9.82. The summed E-state index contributed by atoms with van der Waals surface area (Å²) in [7, 11) is 0. The number of para-hydroxylation sites is 2. The van der Waals surface area contributed by atoms with E-state index in [2.05, 4.69) is 31.3 Å². The minimum atomic E-state index is 0.640. The van der Waals surface area contributed by atoms with Crippen molar-refractivity contribution in [2.24, 2.45) is 5.92 Å². The Balaban J connectivity index is 1.96. The maximum Gasteiger partial charge on any atom is 0.142 e. The van der Waals surface area contributed by atoms with Crippen LogP contribution in [0.2, 0.25) is 0 Å². The zero-order valence-corrected chi connectivity index (χ0v) is 10.2. The largest absolute Gasteiger partial charge is 0.491 e. The maximum atomic E-state index is 5.72. The normalized spacial score (nSPS) is 23.6. The van der Waals surface area contributed by atoms with Crippen molar-refractivity contribution in [3.63, 3.8) is 0 Å². The first-order valence-corrected chi connectivity index (χ1v) is 6.28. The highest BCUT2D eigenvalue weighted by atomic mass is 16.5. The van der Waals surface area contributed by atoms with Gasteiger partial charge in [0.1, 0.15) is 5.75 Å². The fraction of sp³-hybridized carbons (Fsp3) is 0.571. The van der Waals surface area contributed by atoms with E-state index in [0.29, 0.717) is 6.04 Å². The molecule has 1 N–H and O–H groups in total. The zero-order chi connectivity index (χ0) is 11.4. The molecule has 1 saturated carbocycles. The molecule has 1 aliphatic carbocycles. The lowest BCUT2D eigenvalue weighted by molar-refractivity contribution is 0.302. The van der Waals surface area contributed by atoms with Crippen molar-refractivity contribution in [2.75, 3.05) is 11.9 Å². The van der Waals surface area contributed by atoms with E-state index in [9.17, 15) is 0 Å². The van der Waals surface area contributed by atoms with Crippen LogP contribution in [0.25, 0.3) is 0 Å². The van der Waals surface area contributed by atoms with Gasteiger partial charge in [0, 0.05) is 6.04 Å². The first-order chi connectivity index (χ1) is 7.79. The van der Waals surface area contributed by atoms with Gasteiger partial charge in [0.05, 0.1) is 12.3 Å². The zero-order valence-electron chi connectivity index (χ0n) is 10.2. The van der Waals surface area contributed by atoms with E-state index in [-0.39, 0.29) is 0 Å². The molecular formula is C14H21NO. The molecule has 0 heterocycles. The summed E-state index contributed by atoms with van der Waals surface area (Å²) in [6.07, 6.45) is 3.61. The summed E-state index contributed by atoms with van der Waals surface area (Å²) in [5, 5.41) is 3.56. The molecule has 0 spiro atoms. The van der Waals surface area contributed by atoms with Crippen molar-refractivity contribution in [3.05, 3.63) is 24.3 Å². The number of hydrogen-bond acceptors (Lipinski definition) is 2. The summed E-state index contributed by atoms with van der Waals surface area (Å²) in [5.41, 5.74) is 1.15. The Hall–Kier alpha value is -1.18. The Morgan fingerprint density at radius 3 is 2.75 bits per heavy atom. The van der Waals surface area contributed by atoms with E-state index >= 15 is 0 Å². The van der Waals surface area contributed by atoms with Gasteiger partial charge in [0.15, 0.2) is 0 Å². The smallest absolute Gasteiger partial charge is 0.142 e. The predicted octanol–water partition coefficient (Wildman–Crippen LogP) is 3.69. The number of rotatable bonds is 5. The molecule has 0 saturated heterocycles. The van der Waals surface area contributed by atoms with E-state index in [0.717, 1.165) is 30.4 Å². The number of ether oxygens (including phenoxy) is 1. The number of nitrogens with one attached hydrogen (secondary N) is 1. The van der Waals surface area contributed by atoms with Crippen molar-refractivity contribution in [3.8, 4) is 5.75 Å². The Kier molecular flexibility index (Phi) is 3.70. The summed E-state index contributed by atoms with van der Waals surface area (Å²) in [5.74, 6) is 1.87. The van der Waals surface area contributed by atoms with E-state index in [1.807, 2.05) is 12.1 Å². The van der Waals surface area contributed by atoms with Crippen LogP contribution in [0.4, 0.5) is 5.69 Å². The molecule has 2 heteroatoms. The van der Waals surface area contributed by atoms with Crippen molar-refractivity contribution in [2.45, 2.75) is 39.2 Å². The highest BCUT2D eigenvalue weighted by Crippen LogP contribution is 2.32. The standard InChI is InChI=1S/C14H21NO/c1-3-8-16-14-7-5-4-6-13(14)15-12-9-11(2)10-12/h4-7,11-12,15H,3,8-10H2,1-2H3. The Labute approximate surface area is 98.0 Å². The summed E-state index contributed by atoms with van der Waals surface area (Å²) in [6, 6.07) is 8.87. The van der Waals surface area contributed by atoms with Crippen molar-refractivity contribution in [1.82, 2.24) is 0 Å². The molecule has 1 aliphatic rings. The molecule has 0 unspecified atom stereocenters. The third-order valence-corrected chi connectivity index (χ3v) is 3.08. The maximum absolute atomic E-state index is 5.72. The molecule has 88 valence electrons. The van der Waals surface area contributed by atoms with E-state index in [4.69, 9.17) is 4.74 Å². The monoisotopic (exact) mass is 219 g/mol. The van der Waals surface area contributed by atoms with Gasteiger partial charge >= 0.3 is 0 Å². The summed E-state index contributed by atoms with van der Waals surface area (Å²) in [4.78, 5) is 0. The second-order valence-corrected chi connectivity index (χ2v) is 4.76. The van der Waals surface area contributed by atoms with Crippen LogP contribution in [0.3, 0.4) is 0 Å². The highest BCUT2D eigenvalue weighted by molar-refractivity contribution is 5.57. The highest BCUT2D eigenvalue weighted by Gasteiger charge is 2.25. The average molecular weight is 219 g/mol. The van der Waals surface area contributed by atoms with Crippen LogP contribution in [-0.4, -0.2) is 12.6 Å². The molecule has 1 aromatic rings. The van der Waals surface area contributed by atoms with Gasteiger partial charge in [-0.3, -0.25) is 0 Å². The fourth-order valence-electron chi connectivity index (χ4n) is 2.16. The molecular weight excluding hydrogens is 198 g/mol. The van der Waals surface area contributed by atoms with Gasteiger partial charge in [-0.1, -0.05) is 26.0 Å². The van der Waals surface area contributed by atoms with Crippen molar-refractivity contribution < 1.29 is 4.74 Å². The average Bonchev–Trinajstić information content (AvgIpc) is 2.26. The summed E-state index contributed by atoms with van der Waals surface area (Å²) >= 11 is 0. The number of hydrogen-bond donors (Lipinski definition) is 1. The topological polar surface area (TPSA) is 21.3 Å². The van der Waals surface area contributed by atoms with Gasteiger partial charge in [-0.25, -0.2) is 0 Å². The second kappa shape index (κ2) is 5.24. The minimum absolute atomic E-state index is 0.640. The lowest BCUT2D eigenvalue weighted by Crippen LogP contribution is -2.33. The minimum Gasteiger partial charge on any atom is -0.491 e. The van der Waals surface area contributed by atoms with Gasteiger partial charge in [-0.05, 0) is 37.3 Å². The van der Waals surface area contributed by atoms with Crippen LogP contribution in [-0.2, 0) is 0 Å². The molecule has 2 nitrogen and oxygen atoms in total. The lowest BCUT2D eigenvalue weighted by Gasteiger charge is -2.34. The summed E-state index contributed by atoms with van der Waals surface area (Å²) < 4.78 is 5.72. The molecule has 0 amide bonds. The van der Waals surface area contributed by atoms with Gasteiger partial charge in [0.2, 0.25) is 0 Å². The third-order valence-electron chi connectivity index (χ3n) is 3.08. The second-order valence-electron chi connectivity index (χ2n) is 4.76. The van der Waals surface area contributed by atoms with E-state index in [1.165, 1.54) is 12.8 Å². The van der Waals surface area contributed by atoms with Crippen LogP contribution in [0.5, 0.6) is 5.75 Å². The van der Waals surface area contributed by atoms with Crippen LogP contribution in [0.15, 0.2) is 24.3 Å². The van der Waals surface area contributed by atoms with Gasteiger partial charge in [0.25, 0.3) is 0 Å².